The lowest BCUT2D eigenvalue weighted by Gasteiger charge is -2.14. The number of hydrogen-bond acceptors (Lipinski definition) is 4. The van der Waals surface area contributed by atoms with Crippen LogP contribution in [-0.4, -0.2) is 20.9 Å². The predicted molar refractivity (Wildman–Crippen MR) is 93.6 cm³/mol. The molecule has 0 aromatic heterocycles. The van der Waals surface area contributed by atoms with Gasteiger partial charge < -0.3 is 18.8 Å². The Bertz CT molecular complexity index is 596. The molecule has 0 radical (unpaired) electrons. The van der Waals surface area contributed by atoms with Gasteiger partial charge in [0.2, 0.25) is 0 Å². The quantitative estimate of drug-likeness (QED) is 0.653. The van der Waals surface area contributed by atoms with Crippen LogP contribution >= 0.6 is 23.2 Å². The van der Waals surface area contributed by atoms with E-state index in [1.165, 1.54) is 0 Å². The van der Waals surface area contributed by atoms with E-state index in [2.05, 4.69) is 0 Å². The Morgan fingerprint density at radius 2 is 1.17 bits per heavy atom. The molecule has 0 bridgehead atoms. The zero-order chi connectivity index (χ0) is 16.7. The minimum absolute atomic E-state index is 0.0270. The highest BCUT2D eigenvalue weighted by Crippen LogP contribution is 2.32. The first-order valence-electron chi connectivity index (χ1n) is 7.24. The van der Waals surface area contributed by atoms with E-state index in [1.54, 1.807) is 36.4 Å². The van der Waals surface area contributed by atoms with Crippen LogP contribution in [0.5, 0.6) is 23.0 Å². The molecule has 0 aliphatic carbocycles. The molecule has 0 atom stereocenters. The number of halogens is 2. The monoisotopic (exact) mass is 354 g/mol. The van der Waals surface area contributed by atoms with Crippen molar-refractivity contribution in [3.05, 3.63) is 46.4 Å². The molecule has 0 fully saturated rings. The van der Waals surface area contributed by atoms with Gasteiger partial charge in [0.15, 0.2) is 11.5 Å². The van der Waals surface area contributed by atoms with Crippen molar-refractivity contribution in [2.24, 2.45) is 0 Å². The number of rotatable bonds is 8. The summed E-state index contributed by atoms with van der Waals surface area (Å²) in [5.41, 5.74) is 0. The normalized spacial score (nSPS) is 10.1. The average molecular weight is 355 g/mol. The summed E-state index contributed by atoms with van der Waals surface area (Å²) in [5.74, 6) is 2.24. The molecule has 0 spiro atoms. The van der Waals surface area contributed by atoms with Crippen LogP contribution in [0.25, 0.3) is 0 Å². The average Bonchev–Trinajstić information content (AvgIpc) is 2.53. The molecular weight excluding hydrogens is 338 g/mol. The second-order valence-corrected chi connectivity index (χ2v) is 5.33. The molecule has 2 aromatic rings. The van der Waals surface area contributed by atoms with Gasteiger partial charge in [0.05, 0.1) is 13.2 Å². The van der Waals surface area contributed by atoms with E-state index in [0.717, 1.165) is 0 Å². The minimum Gasteiger partial charge on any atom is -0.526 e. The van der Waals surface area contributed by atoms with E-state index >= 15 is 0 Å². The van der Waals surface area contributed by atoms with Crippen molar-refractivity contribution < 1.29 is 18.8 Å². The second kappa shape index (κ2) is 8.80. The van der Waals surface area contributed by atoms with E-state index < -0.39 is 0 Å². The van der Waals surface area contributed by atoms with Crippen molar-refractivity contribution in [2.45, 2.75) is 13.8 Å². The summed E-state index contributed by atoms with van der Waals surface area (Å²) in [7, 11) is -0.0270. The molecule has 0 amide bonds. The Labute approximate surface area is 146 Å². The van der Waals surface area contributed by atoms with Gasteiger partial charge in [-0.25, -0.2) is 0 Å². The molecule has 4 nitrogen and oxygen atoms in total. The van der Waals surface area contributed by atoms with E-state index in [4.69, 9.17) is 42.0 Å². The van der Waals surface area contributed by atoms with Gasteiger partial charge in [-0.05, 0) is 38.1 Å². The highest BCUT2D eigenvalue weighted by Gasteiger charge is 2.10. The molecule has 0 heterocycles. The number of ether oxygens (including phenoxy) is 2. The Morgan fingerprint density at radius 3 is 1.57 bits per heavy atom. The van der Waals surface area contributed by atoms with Gasteiger partial charge in [-0.15, -0.1) is 0 Å². The first-order valence-corrected chi connectivity index (χ1v) is 8.00. The second-order valence-electron chi connectivity index (χ2n) is 4.45. The fraction of sp³-hybridized carbons (Fsp3) is 0.250. The van der Waals surface area contributed by atoms with Crippen molar-refractivity contribution >= 4 is 30.9 Å². The maximum absolute atomic E-state index is 5.99. The van der Waals surface area contributed by atoms with Crippen LogP contribution in [0.1, 0.15) is 13.8 Å². The predicted octanol–water partition coefficient (Wildman–Crippen LogP) is 4.52. The van der Waals surface area contributed by atoms with Gasteiger partial charge >= 0.3 is 7.69 Å². The summed E-state index contributed by atoms with van der Waals surface area (Å²) in [6.45, 7) is 4.85. The molecule has 0 unspecified atom stereocenters. The molecule has 0 aliphatic heterocycles. The minimum atomic E-state index is -0.0270. The third kappa shape index (κ3) is 5.15. The molecule has 0 N–H and O–H groups in total. The molecule has 0 saturated carbocycles. The zero-order valence-electron chi connectivity index (χ0n) is 13.0. The fourth-order valence-electron chi connectivity index (χ4n) is 1.90. The number of hydrogen-bond donors (Lipinski definition) is 0. The first-order chi connectivity index (χ1) is 11.1. The highest BCUT2D eigenvalue weighted by atomic mass is 35.5. The molecule has 0 aliphatic rings. The van der Waals surface area contributed by atoms with Crippen LogP contribution in [0.3, 0.4) is 0 Å². The lowest BCUT2D eigenvalue weighted by Crippen LogP contribution is -2.12. The first kappa shape index (κ1) is 17.6. The number of benzene rings is 2. The highest BCUT2D eigenvalue weighted by molar-refractivity contribution is 6.31. The van der Waals surface area contributed by atoms with Crippen LogP contribution in [0.15, 0.2) is 36.4 Å². The summed E-state index contributed by atoms with van der Waals surface area (Å²) in [6.07, 6.45) is 0. The summed E-state index contributed by atoms with van der Waals surface area (Å²) in [4.78, 5) is 0. The fourth-order valence-corrected chi connectivity index (χ4v) is 2.22. The van der Waals surface area contributed by atoms with Crippen molar-refractivity contribution in [2.75, 3.05) is 13.2 Å². The zero-order valence-corrected chi connectivity index (χ0v) is 14.5. The summed E-state index contributed by atoms with van der Waals surface area (Å²) in [6, 6.07) is 10.3. The Balaban J connectivity index is 2.05. The topological polar surface area (TPSA) is 36.9 Å². The lowest BCUT2D eigenvalue weighted by atomic mass is 10.2. The van der Waals surface area contributed by atoms with Crippen LogP contribution < -0.4 is 18.8 Å². The third-order valence-electron chi connectivity index (χ3n) is 2.84. The van der Waals surface area contributed by atoms with Gasteiger partial charge in [0.25, 0.3) is 0 Å². The molecular formula is C16H17BCl2O4. The van der Waals surface area contributed by atoms with Crippen molar-refractivity contribution in [1.29, 1.82) is 0 Å². The molecule has 2 rings (SSSR count). The standard InChI is InChI=1S/C16H17BCl2O4/c1-3-20-13-7-5-11(18)9-15(13)22-17-23-16-10-12(19)6-8-14(16)21-4-2/h5-10,17H,3-4H2,1-2H3. The Hall–Kier alpha value is -1.72. The largest absolute Gasteiger partial charge is 0.576 e. The molecule has 0 saturated heterocycles. The Kier molecular flexibility index (Phi) is 6.75. The van der Waals surface area contributed by atoms with Crippen molar-refractivity contribution in [1.82, 2.24) is 0 Å². The van der Waals surface area contributed by atoms with E-state index in [0.29, 0.717) is 46.3 Å². The summed E-state index contributed by atoms with van der Waals surface area (Å²) in [5, 5.41) is 1.11. The summed E-state index contributed by atoms with van der Waals surface area (Å²) >= 11 is 12.0. The smallest absolute Gasteiger partial charge is 0.526 e. The van der Waals surface area contributed by atoms with Crippen LogP contribution in [-0.2, 0) is 0 Å². The van der Waals surface area contributed by atoms with Gasteiger partial charge in [-0.2, -0.15) is 0 Å². The van der Waals surface area contributed by atoms with Crippen molar-refractivity contribution in [3.8, 4) is 23.0 Å². The van der Waals surface area contributed by atoms with Gasteiger partial charge in [-0.1, -0.05) is 23.2 Å². The third-order valence-corrected chi connectivity index (χ3v) is 3.31. The molecule has 2 aromatic carbocycles. The van der Waals surface area contributed by atoms with Gasteiger partial charge in [0.1, 0.15) is 11.5 Å². The maximum atomic E-state index is 5.99. The SMILES string of the molecule is CCOc1ccc(Cl)cc1OBOc1cc(Cl)ccc1OCC. The lowest BCUT2D eigenvalue weighted by molar-refractivity contribution is 0.317. The Morgan fingerprint density at radius 1 is 0.739 bits per heavy atom. The summed E-state index contributed by atoms with van der Waals surface area (Å²) < 4.78 is 22.2. The van der Waals surface area contributed by atoms with Crippen LogP contribution in [0.4, 0.5) is 0 Å². The van der Waals surface area contributed by atoms with Crippen molar-refractivity contribution in [3.63, 3.8) is 0 Å². The molecule has 122 valence electrons. The molecule has 7 heteroatoms. The molecule has 23 heavy (non-hydrogen) atoms. The van der Waals surface area contributed by atoms with Crippen LogP contribution in [0, 0.1) is 0 Å². The van der Waals surface area contributed by atoms with Gasteiger partial charge in [-0.3, -0.25) is 0 Å². The van der Waals surface area contributed by atoms with E-state index in [-0.39, 0.29) is 7.69 Å². The maximum Gasteiger partial charge on any atom is 0.576 e. The van der Waals surface area contributed by atoms with Crippen LogP contribution in [0.2, 0.25) is 10.0 Å². The van der Waals surface area contributed by atoms with Gasteiger partial charge in [0, 0.05) is 22.2 Å². The van der Waals surface area contributed by atoms with E-state index in [9.17, 15) is 0 Å². The van der Waals surface area contributed by atoms with E-state index in [1.807, 2.05) is 13.8 Å².